The molecule has 0 saturated carbocycles. The molecular weight excluding hydrogens is 432 g/mol. The number of aryl methyl sites for hydroxylation is 1. The summed E-state index contributed by atoms with van der Waals surface area (Å²) in [5.74, 6) is 1.40. The van der Waals surface area contributed by atoms with Gasteiger partial charge in [0.1, 0.15) is 11.6 Å². The van der Waals surface area contributed by atoms with Crippen molar-refractivity contribution in [2.45, 2.75) is 19.9 Å². The van der Waals surface area contributed by atoms with Gasteiger partial charge in [0.05, 0.1) is 7.11 Å². The van der Waals surface area contributed by atoms with Crippen LogP contribution in [-0.4, -0.2) is 26.7 Å². The average Bonchev–Trinajstić information content (AvgIpc) is 2.60. The molecule has 0 fully saturated rings. The van der Waals surface area contributed by atoms with E-state index in [9.17, 15) is 4.39 Å². The third-order valence-corrected chi connectivity index (χ3v) is 3.78. The number of guanidine groups is 1. The standard InChI is InChI=1S/C19H24FN3O.HI/c1-14-4-5-15(12-18(14)24-3)10-11-22-19(21-2)23-13-16-6-8-17(20)9-7-16;/h4-9,12H,10-11,13H2,1-3H3,(H2,21,22,23);1H. The molecule has 2 N–H and O–H groups in total. The summed E-state index contributed by atoms with van der Waals surface area (Å²) in [4.78, 5) is 4.20. The summed E-state index contributed by atoms with van der Waals surface area (Å²) in [7, 11) is 3.42. The lowest BCUT2D eigenvalue weighted by molar-refractivity contribution is 0.411. The summed E-state index contributed by atoms with van der Waals surface area (Å²) in [5, 5.41) is 6.49. The van der Waals surface area contributed by atoms with Gasteiger partial charge in [-0.25, -0.2) is 4.39 Å². The molecule has 0 saturated heterocycles. The molecule has 0 radical (unpaired) electrons. The van der Waals surface area contributed by atoms with Crippen molar-refractivity contribution in [1.82, 2.24) is 10.6 Å². The maximum atomic E-state index is 12.9. The molecule has 0 unspecified atom stereocenters. The minimum Gasteiger partial charge on any atom is -0.496 e. The van der Waals surface area contributed by atoms with Gasteiger partial charge >= 0.3 is 0 Å². The Balaban J connectivity index is 0.00000312. The van der Waals surface area contributed by atoms with Crippen molar-refractivity contribution in [3.05, 3.63) is 65.0 Å². The van der Waals surface area contributed by atoms with E-state index in [0.717, 1.165) is 35.8 Å². The fourth-order valence-electron chi connectivity index (χ4n) is 2.35. The van der Waals surface area contributed by atoms with Crippen molar-refractivity contribution in [3.63, 3.8) is 0 Å². The molecule has 0 aromatic heterocycles. The Labute approximate surface area is 165 Å². The summed E-state index contributed by atoms with van der Waals surface area (Å²) in [6, 6.07) is 12.7. The highest BCUT2D eigenvalue weighted by atomic mass is 127. The summed E-state index contributed by atoms with van der Waals surface area (Å²) >= 11 is 0. The van der Waals surface area contributed by atoms with Gasteiger partial charge in [-0.15, -0.1) is 24.0 Å². The highest BCUT2D eigenvalue weighted by molar-refractivity contribution is 14.0. The fraction of sp³-hybridized carbons (Fsp3) is 0.316. The number of rotatable bonds is 6. The highest BCUT2D eigenvalue weighted by Crippen LogP contribution is 2.18. The lowest BCUT2D eigenvalue weighted by Crippen LogP contribution is -2.37. The summed E-state index contributed by atoms with van der Waals surface area (Å²) in [6.45, 7) is 3.38. The van der Waals surface area contributed by atoms with Crippen molar-refractivity contribution in [1.29, 1.82) is 0 Å². The van der Waals surface area contributed by atoms with Gasteiger partial charge in [-0.2, -0.15) is 0 Å². The van der Waals surface area contributed by atoms with Crippen molar-refractivity contribution < 1.29 is 9.13 Å². The molecule has 2 aromatic rings. The molecule has 25 heavy (non-hydrogen) atoms. The number of halogens is 2. The van der Waals surface area contributed by atoms with Crippen LogP contribution in [0.3, 0.4) is 0 Å². The quantitative estimate of drug-likeness (QED) is 0.396. The first-order chi connectivity index (χ1) is 11.6. The third kappa shape index (κ3) is 6.89. The second kappa shape index (κ2) is 10.9. The zero-order valence-electron chi connectivity index (χ0n) is 14.8. The van der Waals surface area contributed by atoms with E-state index in [-0.39, 0.29) is 29.8 Å². The van der Waals surface area contributed by atoms with Crippen LogP contribution in [0.2, 0.25) is 0 Å². The Morgan fingerprint density at radius 2 is 1.76 bits per heavy atom. The molecule has 0 aliphatic heterocycles. The second-order valence-corrected chi connectivity index (χ2v) is 5.53. The maximum absolute atomic E-state index is 12.9. The van der Waals surface area contributed by atoms with Crippen LogP contribution in [0.4, 0.5) is 4.39 Å². The number of aliphatic imine (C=N–C) groups is 1. The molecule has 0 heterocycles. The van der Waals surface area contributed by atoms with Crippen LogP contribution in [0.1, 0.15) is 16.7 Å². The largest absolute Gasteiger partial charge is 0.496 e. The monoisotopic (exact) mass is 457 g/mol. The van der Waals surface area contributed by atoms with Crippen LogP contribution in [0.15, 0.2) is 47.5 Å². The SMILES string of the molecule is CN=C(NCCc1ccc(C)c(OC)c1)NCc1ccc(F)cc1.I. The predicted molar refractivity (Wildman–Crippen MR) is 111 cm³/mol. The Hall–Kier alpha value is -1.83. The maximum Gasteiger partial charge on any atom is 0.191 e. The number of hydrogen-bond donors (Lipinski definition) is 2. The summed E-state index contributed by atoms with van der Waals surface area (Å²) in [5.41, 5.74) is 3.34. The van der Waals surface area contributed by atoms with Crippen LogP contribution < -0.4 is 15.4 Å². The summed E-state index contributed by atoms with van der Waals surface area (Å²) < 4.78 is 18.2. The van der Waals surface area contributed by atoms with Gasteiger partial charge in [0.2, 0.25) is 0 Å². The first-order valence-corrected chi connectivity index (χ1v) is 7.95. The minimum absolute atomic E-state index is 0. The van der Waals surface area contributed by atoms with Crippen molar-refractivity contribution in [2.24, 2.45) is 4.99 Å². The van der Waals surface area contributed by atoms with Gasteiger partial charge < -0.3 is 15.4 Å². The molecule has 0 aliphatic carbocycles. The molecule has 2 rings (SSSR count). The molecular formula is C19H25FIN3O. The lowest BCUT2D eigenvalue weighted by atomic mass is 10.1. The molecule has 0 amide bonds. The van der Waals surface area contributed by atoms with E-state index in [0.29, 0.717) is 6.54 Å². The van der Waals surface area contributed by atoms with Crippen LogP contribution in [0.25, 0.3) is 0 Å². The Kier molecular flexibility index (Phi) is 9.26. The van der Waals surface area contributed by atoms with Gasteiger partial charge in [0.25, 0.3) is 0 Å². The van der Waals surface area contributed by atoms with E-state index in [2.05, 4.69) is 33.8 Å². The van der Waals surface area contributed by atoms with E-state index < -0.39 is 0 Å². The van der Waals surface area contributed by atoms with Gasteiger partial charge in [-0.1, -0.05) is 24.3 Å². The normalized spacial score (nSPS) is 10.8. The van der Waals surface area contributed by atoms with E-state index in [1.165, 1.54) is 17.7 Å². The number of methoxy groups -OCH3 is 1. The van der Waals surface area contributed by atoms with Gasteiger partial charge in [0, 0.05) is 20.1 Å². The Bertz CT molecular complexity index is 690. The summed E-state index contributed by atoms with van der Waals surface area (Å²) in [6.07, 6.45) is 0.869. The smallest absolute Gasteiger partial charge is 0.191 e. The number of nitrogens with zero attached hydrogens (tertiary/aromatic N) is 1. The Morgan fingerprint density at radius 1 is 1.08 bits per heavy atom. The zero-order chi connectivity index (χ0) is 17.4. The van der Waals surface area contributed by atoms with E-state index >= 15 is 0 Å². The van der Waals surface area contributed by atoms with E-state index in [1.807, 2.05) is 6.92 Å². The van der Waals surface area contributed by atoms with Crippen molar-refractivity contribution >= 4 is 29.9 Å². The minimum atomic E-state index is -0.227. The molecule has 0 aliphatic rings. The number of nitrogens with one attached hydrogen (secondary N) is 2. The topological polar surface area (TPSA) is 45.7 Å². The predicted octanol–water partition coefficient (Wildman–Crippen LogP) is 3.67. The van der Waals surface area contributed by atoms with Gasteiger partial charge in [-0.3, -0.25) is 4.99 Å². The fourth-order valence-corrected chi connectivity index (χ4v) is 2.35. The molecule has 2 aromatic carbocycles. The van der Waals surface area contributed by atoms with Crippen LogP contribution >= 0.6 is 24.0 Å². The first kappa shape index (κ1) is 21.2. The van der Waals surface area contributed by atoms with E-state index in [4.69, 9.17) is 4.74 Å². The highest BCUT2D eigenvalue weighted by Gasteiger charge is 2.02. The molecule has 0 spiro atoms. The van der Waals surface area contributed by atoms with E-state index in [1.54, 1.807) is 26.3 Å². The molecule has 6 heteroatoms. The number of ether oxygens (including phenoxy) is 1. The van der Waals surface area contributed by atoms with Gasteiger partial charge in [0.15, 0.2) is 5.96 Å². The first-order valence-electron chi connectivity index (χ1n) is 7.95. The third-order valence-electron chi connectivity index (χ3n) is 3.78. The zero-order valence-corrected chi connectivity index (χ0v) is 17.1. The number of hydrogen-bond acceptors (Lipinski definition) is 2. The number of benzene rings is 2. The molecule has 0 bridgehead atoms. The van der Waals surface area contributed by atoms with Crippen molar-refractivity contribution in [3.8, 4) is 5.75 Å². The van der Waals surface area contributed by atoms with Crippen LogP contribution in [-0.2, 0) is 13.0 Å². The molecule has 4 nitrogen and oxygen atoms in total. The van der Waals surface area contributed by atoms with Crippen LogP contribution in [0.5, 0.6) is 5.75 Å². The lowest BCUT2D eigenvalue weighted by Gasteiger charge is -2.13. The average molecular weight is 457 g/mol. The van der Waals surface area contributed by atoms with Gasteiger partial charge in [-0.05, 0) is 48.2 Å². The Morgan fingerprint density at radius 3 is 2.40 bits per heavy atom. The molecule has 136 valence electrons. The second-order valence-electron chi connectivity index (χ2n) is 5.53. The van der Waals surface area contributed by atoms with Crippen molar-refractivity contribution in [2.75, 3.05) is 20.7 Å². The van der Waals surface area contributed by atoms with Crippen LogP contribution in [0, 0.1) is 12.7 Å². The molecule has 0 atom stereocenters.